The molecule has 7 nitrogen and oxygen atoms in total. The highest BCUT2D eigenvalue weighted by molar-refractivity contribution is 7.92. The number of rotatable bonds is 8. The van der Waals surface area contributed by atoms with Crippen molar-refractivity contribution < 1.29 is 13.2 Å². The molecule has 0 amide bonds. The van der Waals surface area contributed by atoms with E-state index < -0.39 is 10.0 Å². The van der Waals surface area contributed by atoms with Gasteiger partial charge in [0.1, 0.15) is 5.75 Å². The molecule has 2 aromatic heterocycles. The summed E-state index contributed by atoms with van der Waals surface area (Å²) in [5.41, 5.74) is 4.47. The zero-order valence-electron chi connectivity index (χ0n) is 21.9. The molecule has 3 heterocycles. The second kappa shape index (κ2) is 11.4. The molecule has 0 bridgehead atoms. The number of sulfonamides is 1. The molecular weight excluding hydrogens is 496 g/mol. The summed E-state index contributed by atoms with van der Waals surface area (Å²) in [7, 11) is -0.657. The van der Waals surface area contributed by atoms with Gasteiger partial charge in [-0.15, -0.1) is 0 Å². The van der Waals surface area contributed by atoms with Gasteiger partial charge in [0.05, 0.1) is 23.9 Å². The summed E-state index contributed by atoms with van der Waals surface area (Å²) in [5.74, 6) is 0.610. The van der Waals surface area contributed by atoms with E-state index in [4.69, 9.17) is 4.74 Å². The second-order valence-electron chi connectivity index (χ2n) is 9.69. The van der Waals surface area contributed by atoms with Crippen molar-refractivity contribution in [2.45, 2.75) is 43.2 Å². The van der Waals surface area contributed by atoms with Gasteiger partial charge >= 0.3 is 0 Å². The van der Waals surface area contributed by atoms with Gasteiger partial charge in [0, 0.05) is 42.8 Å². The largest absolute Gasteiger partial charge is 0.496 e. The van der Waals surface area contributed by atoms with Crippen LogP contribution in [0.3, 0.4) is 0 Å². The lowest BCUT2D eigenvalue weighted by molar-refractivity contribution is 0.190. The molecule has 1 atom stereocenters. The van der Waals surface area contributed by atoms with Gasteiger partial charge in [-0.3, -0.25) is 14.2 Å². The summed E-state index contributed by atoms with van der Waals surface area (Å²) in [5, 5.41) is 0. The Morgan fingerprint density at radius 1 is 1.03 bits per heavy atom. The third-order valence-electron chi connectivity index (χ3n) is 7.30. The van der Waals surface area contributed by atoms with Gasteiger partial charge < -0.3 is 9.72 Å². The first-order valence-electron chi connectivity index (χ1n) is 13.0. The molecule has 1 saturated heterocycles. The first-order chi connectivity index (χ1) is 18.5. The number of likely N-dealkylation sites (tertiary alicyclic amines) is 1. The van der Waals surface area contributed by atoms with Gasteiger partial charge in [0.15, 0.2) is 0 Å². The van der Waals surface area contributed by atoms with Crippen LogP contribution in [0.4, 0.5) is 5.69 Å². The number of nitrogens with zero attached hydrogens (tertiary/aromatic N) is 3. The van der Waals surface area contributed by atoms with Gasteiger partial charge in [0.2, 0.25) is 0 Å². The average molecular weight is 531 g/mol. The van der Waals surface area contributed by atoms with E-state index in [9.17, 15) is 8.42 Å². The average Bonchev–Trinajstić information content (AvgIpc) is 3.30. The summed E-state index contributed by atoms with van der Waals surface area (Å²) in [6.45, 7) is 1.84. The van der Waals surface area contributed by atoms with E-state index in [1.165, 1.54) is 42.4 Å². The predicted molar refractivity (Wildman–Crippen MR) is 151 cm³/mol. The fourth-order valence-corrected chi connectivity index (χ4v) is 6.42. The van der Waals surface area contributed by atoms with E-state index in [1.54, 1.807) is 43.6 Å². The molecule has 2 aromatic carbocycles. The lowest BCUT2D eigenvalue weighted by atomic mass is 10.0. The summed E-state index contributed by atoms with van der Waals surface area (Å²) in [6.07, 6.45) is 7.97. The van der Waals surface area contributed by atoms with Crippen LogP contribution in [0.1, 0.15) is 43.0 Å². The topological polar surface area (TPSA) is 78.5 Å². The number of hydrogen-bond acceptors (Lipinski definition) is 5. The highest BCUT2D eigenvalue weighted by Crippen LogP contribution is 2.35. The lowest BCUT2D eigenvalue weighted by Gasteiger charge is -2.30. The van der Waals surface area contributed by atoms with E-state index in [2.05, 4.69) is 51.3 Å². The first-order valence-corrected chi connectivity index (χ1v) is 14.5. The van der Waals surface area contributed by atoms with E-state index >= 15 is 0 Å². The lowest BCUT2D eigenvalue weighted by Crippen LogP contribution is -2.28. The molecule has 198 valence electrons. The smallest absolute Gasteiger partial charge is 0.264 e. The summed E-state index contributed by atoms with van der Waals surface area (Å²) >= 11 is 0. The fourth-order valence-electron chi connectivity index (χ4n) is 5.21. The maximum absolute atomic E-state index is 13.4. The van der Waals surface area contributed by atoms with Crippen molar-refractivity contribution in [3.05, 3.63) is 96.4 Å². The van der Waals surface area contributed by atoms with E-state index in [0.29, 0.717) is 23.0 Å². The van der Waals surface area contributed by atoms with Crippen LogP contribution in [-0.2, 0) is 16.6 Å². The minimum atomic E-state index is -3.79. The molecular formula is C30H34N4O3S. The number of pyridine rings is 1. The summed E-state index contributed by atoms with van der Waals surface area (Å²) in [6, 6.07) is 23.6. The number of methoxy groups -OCH3 is 1. The number of benzene rings is 2. The molecule has 1 aliphatic rings. The van der Waals surface area contributed by atoms with Crippen molar-refractivity contribution in [3.8, 4) is 17.0 Å². The van der Waals surface area contributed by atoms with Crippen LogP contribution in [-0.4, -0.2) is 44.0 Å². The Morgan fingerprint density at radius 2 is 1.87 bits per heavy atom. The number of ether oxygens (including phenoxy) is 1. The predicted octanol–water partition coefficient (Wildman–Crippen LogP) is 6.03. The van der Waals surface area contributed by atoms with Gasteiger partial charge in [0.25, 0.3) is 10.0 Å². The van der Waals surface area contributed by atoms with Gasteiger partial charge in [-0.1, -0.05) is 43.2 Å². The Bertz CT molecular complexity index is 1460. The third kappa shape index (κ3) is 5.47. The maximum Gasteiger partial charge on any atom is 0.264 e. The Balaban J connectivity index is 1.43. The Hall–Kier alpha value is -3.62. The second-order valence-corrected chi connectivity index (χ2v) is 11.7. The van der Waals surface area contributed by atoms with Crippen molar-refractivity contribution in [1.29, 1.82) is 0 Å². The molecule has 4 aromatic rings. The molecule has 0 aliphatic carbocycles. The Morgan fingerprint density at radius 3 is 2.63 bits per heavy atom. The van der Waals surface area contributed by atoms with Crippen molar-refractivity contribution >= 4 is 15.7 Å². The minimum absolute atomic E-state index is 0.187. The van der Waals surface area contributed by atoms with Crippen molar-refractivity contribution in [3.63, 3.8) is 0 Å². The van der Waals surface area contributed by atoms with Crippen LogP contribution in [0.2, 0.25) is 0 Å². The molecule has 0 saturated carbocycles. The van der Waals surface area contributed by atoms with Crippen LogP contribution in [0.5, 0.6) is 5.75 Å². The molecule has 1 aliphatic heterocycles. The summed E-state index contributed by atoms with van der Waals surface area (Å²) < 4.78 is 33.7. The molecule has 0 unspecified atom stereocenters. The standard InChI is InChI=1S/C30H34N4O3S/c1-33(25-12-9-18-31-21-25)38(35,36)26-15-17-30(37-2)27(20-26)28-16-14-24(32-28)22-34-19-8-4-7-13-29(34)23-10-5-3-6-11-23/h3,5-6,9-12,14-18,20-21,29,32H,4,7-8,13,19,22H2,1-2H3/t29-/m1/s1. The minimum Gasteiger partial charge on any atom is -0.496 e. The highest BCUT2D eigenvalue weighted by Gasteiger charge is 2.25. The molecule has 38 heavy (non-hydrogen) atoms. The molecule has 0 radical (unpaired) electrons. The number of anilines is 1. The fraction of sp³-hybridized carbons (Fsp3) is 0.300. The van der Waals surface area contributed by atoms with Gasteiger partial charge in [-0.25, -0.2) is 8.42 Å². The van der Waals surface area contributed by atoms with Crippen LogP contribution >= 0.6 is 0 Å². The Kier molecular flexibility index (Phi) is 7.81. The zero-order valence-corrected chi connectivity index (χ0v) is 22.7. The maximum atomic E-state index is 13.4. The van der Waals surface area contributed by atoms with Crippen LogP contribution in [0, 0.1) is 0 Å². The first kappa shape index (κ1) is 26.0. The number of nitrogens with one attached hydrogen (secondary N) is 1. The van der Waals surface area contributed by atoms with Crippen LogP contribution in [0.15, 0.2) is 90.1 Å². The molecule has 1 N–H and O–H groups in total. The number of hydrogen-bond donors (Lipinski definition) is 1. The van der Waals surface area contributed by atoms with Crippen molar-refractivity contribution in [2.75, 3.05) is 25.0 Å². The van der Waals surface area contributed by atoms with Crippen LogP contribution < -0.4 is 9.04 Å². The van der Waals surface area contributed by atoms with Gasteiger partial charge in [-0.2, -0.15) is 0 Å². The normalized spacial score (nSPS) is 16.6. The van der Waals surface area contributed by atoms with E-state index in [0.717, 1.165) is 30.9 Å². The molecule has 1 fully saturated rings. The van der Waals surface area contributed by atoms with Crippen molar-refractivity contribution in [2.24, 2.45) is 0 Å². The highest BCUT2D eigenvalue weighted by atomic mass is 32.2. The number of H-pyrrole nitrogens is 1. The molecule has 0 spiro atoms. The van der Waals surface area contributed by atoms with E-state index in [-0.39, 0.29) is 4.90 Å². The Labute approximate surface area is 225 Å². The van der Waals surface area contributed by atoms with Crippen LogP contribution in [0.25, 0.3) is 11.3 Å². The zero-order chi connectivity index (χ0) is 26.5. The molecule has 8 heteroatoms. The summed E-state index contributed by atoms with van der Waals surface area (Å²) in [4.78, 5) is 10.3. The van der Waals surface area contributed by atoms with Crippen molar-refractivity contribution in [1.82, 2.24) is 14.9 Å². The number of aromatic nitrogens is 2. The SMILES string of the molecule is COc1ccc(S(=O)(=O)N(C)c2cccnc2)cc1-c1ccc(CN2CCCCC[C@@H]2c2ccccc2)[nH]1. The monoisotopic (exact) mass is 530 g/mol. The quantitative estimate of drug-likeness (QED) is 0.301. The molecule has 5 rings (SSSR count). The third-order valence-corrected chi connectivity index (χ3v) is 9.08. The van der Waals surface area contributed by atoms with Gasteiger partial charge in [-0.05, 0) is 67.4 Å². The number of aromatic amines is 1. The van der Waals surface area contributed by atoms with E-state index in [1.807, 2.05) is 6.07 Å².